The minimum Gasteiger partial charge on any atom is -0.505 e. The van der Waals surface area contributed by atoms with E-state index in [2.05, 4.69) is 12.1 Å². The summed E-state index contributed by atoms with van der Waals surface area (Å²) in [5, 5.41) is 12.3. The zero-order valence-corrected chi connectivity index (χ0v) is 10.5. The molecule has 3 aromatic carbocycles. The molecule has 0 aromatic heterocycles. The minimum atomic E-state index is 0.197. The van der Waals surface area contributed by atoms with Crippen LogP contribution in [0, 0.1) is 0 Å². The minimum absolute atomic E-state index is 0.197. The SMILES string of the molecule is Nc1cc2ccccc2c(Cc2ccccc2)c1O. The monoisotopic (exact) mass is 249 g/mol. The van der Waals surface area contributed by atoms with Gasteiger partial charge >= 0.3 is 0 Å². The predicted octanol–water partition coefficient (Wildman–Crippen LogP) is 3.72. The lowest BCUT2D eigenvalue weighted by Gasteiger charge is -2.11. The van der Waals surface area contributed by atoms with Crippen LogP contribution in [0.15, 0.2) is 60.7 Å². The Balaban J connectivity index is 2.19. The zero-order valence-electron chi connectivity index (χ0n) is 10.5. The maximum atomic E-state index is 10.2. The van der Waals surface area contributed by atoms with Crippen LogP contribution in [-0.2, 0) is 6.42 Å². The van der Waals surface area contributed by atoms with Gasteiger partial charge in [-0.2, -0.15) is 0 Å². The molecule has 0 radical (unpaired) electrons. The zero-order chi connectivity index (χ0) is 13.2. The molecule has 2 heteroatoms. The molecule has 3 rings (SSSR count). The second-order valence-electron chi connectivity index (χ2n) is 4.68. The Morgan fingerprint density at radius 3 is 2.37 bits per heavy atom. The van der Waals surface area contributed by atoms with Gasteiger partial charge in [0.05, 0.1) is 5.69 Å². The molecule has 0 heterocycles. The normalized spacial score (nSPS) is 10.7. The average molecular weight is 249 g/mol. The topological polar surface area (TPSA) is 46.2 Å². The van der Waals surface area contributed by atoms with E-state index < -0.39 is 0 Å². The number of anilines is 1. The summed E-state index contributed by atoms with van der Waals surface area (Å²) in [6.07, 6.45) is 0.679. The molecule has 0 atom stereocenters. The number of phenolic OH excluding ortho intramolecular Hbond substituents is 1. The quantitative estimate of drug-likeness (QED) is 0.537. The van der Waals surface area contributed by atoms with Crippen LogP contribution in [0.4, 0.5) is 5.69 Å². The molecule has 0 aliphatic heterocycles. The fraction of sp³-hybridized carbons (Fsp3) is 0.0588. The fourth-order valence-corrected chi connectivity index (χ4v) is 2.41. The smallest absolute Gasteiger partial charge is 0.142 e. The van der Waals surface area contributed by atoms with Gasteiger partial charge < -0.3 is 10.8 Å². The van der Waals surface area contributed by atoms with Crippen molar-refractivity contribution >= 4 is 16.5 Å². The Hall–Kier alpha value is -2.48. The van der Waals surface area contributed by atoms with E-state index >= 15 is 0 Å². The summed E-state index contributed by atoms with van der Waals surface area (Å²) in [6.45, 7) is 0. The fourth-order valence-electron chi connectivity index (χ4n) is 2.41. The van der Waals surface area contributed by atoms with Gasteiger partial charge in [-0.1, -0.05) is 54.6 Å². The Morgan fingerprint density at radius 2 is 1.58 bits per heavy atom. The Kier molecular flexibility index (Phi) is 2.84. The van der Waals surface area contributed by atoms with E-state index in [0.717, 1.165) is 21.9 Å². The molecule has 0 bridgehead atoms. The van der Waals surface area contributed by atoms with Gasteiger partial charge in [-0.15, -0.1) is 0 Å². The highest BCUT2D eigenvalue weighted by molar-refractivity contribution is 5.92. The van der Waals surface area contributed by atoms with Crippen molar-refractivity contribution in [2.24, 2.45) is 0 Å². The van der Waals surface area contributed by atoms with Crippen LogP contribution in [0.5, 0.6) is 5.75 Å². The first-order chi connectivity index (χ1) is 9.25. The van der Waals surface area contributed by atoms with Crippen molar-refractivity contribution < 1.29 is 5.11 Å². The third-order valence-electron chi connectivity index (χ3n) is 3.38. The summed E-state index contributed by atoms with van der Waals surface area (Å²) in [4.78, 5) is 0. The highest BCUT2D eigenvalue weighted by Crippen LogP contribution is 2.34. The molecule has 0 fully saturated rings. The molecule has 2 nitrogen and oxygen atoms in total. The number of nitrogens with two attached hydrogens (primary N) is 1. The lowest BCUT2D eigenvalue weighted by atomic mass is 9.96. The molecular weight excluding hydrogens is 234 g/mol. The molecule has 0 aliphatic carbocycles. The van der Waals surface area contributed by atoms with Gasteiger partial charge in [0.2, 0.25) is 0 Å². The number of phenols is 1. The molecule has 19 heavy (non-hydrogen) atoms. The first kappa shape index (κ1) is 11.6. The van der Waals surface area contributed by atoms with Crippen molar-refractivity contribution in [2.45, 2.75) is 6.42 Å². The van der Waals surface area contributed by atoms with E-state index in [1.165, 1.54) is 0 Å². The molecule has 0 aliphatic rings. The number of nitrogen functional groups attached to an aromatic ring is 1. The van der Waals surface area contributed by atoms with Gasteiger partial charge in [0.1, 0.15) is 5.75 Å². The summed E-state index contributed by atoms with van der Waals surface area (Å²) in [7, 11) is 0. The number of hydrogen-bond donors (Lipinski definition) is 2. The van der Waals surface area contributed by atoms with Crippen molar-refractivity contribution in [3.05, 3.63) is 71.8 Å². The van der Waals surface area contributed by atoms with Gasteiger partial charge in [-0.25, -0.2) is 0 Å². The lowest BCUT2D eigenvalue weighted by Crippen LogP contribution is -1.95. The Morgan fingerprint density at radius 1 is 0.895 bits per heavy atom. The summed E-state index contributed by atoms with van der Waals surface area (Å²) in [5.74, 6) is 0.197. The molecule has 0 unspecified atom stereocenters. The summed E-state index contributed by atoms with van der Waals surface area (Å²) < 4.78 is 0. The van der Waals surface area contributed by atoms with E-state index in [0.29, 0.717) is 12.1 Å². The lowest BCUT2D eigenvalue weighted by molar-refractivity contribution is 0.473. The van der Waals surface area contributed by atoms with Gasteiger partial charge in [-0.3, -0.25) is 0 Å². The van der Waals surface area contributed by atoms with E-state index in [4.69, 9.17) is 5.73 Å². The highest BCUT2D eigenvalue weighted by atomic mass is 16.3. The van der Waals surface area contributed by atoms with Crippen LogP contribution in [0.25, 0.3) is 10.8 Å². The van der Waals surface area contributed by atoms with E-state index in [1.54, 1.807) is 0 Å². The first-order valence-electron chi connectivity index (χ1n) is 6.28. The molecule has 0 saturated carbocycles. The Labute approximate surface area is 112 Å². The maximum Gasteiger partial charge on any atom is 0.142 e. The van der Waals surface area contributed by atoms with Crippen LogP contribution in [-0.4, -0.2) is 5.11 Å². The van der Waals surface area contributed by atoms with Crippen molar-refractivity contribution in [3.8, 4) is 5.75 Å². The summed E-state index contributed by atoms with van der Waals surface area (Å²) in [5.41, 5.74) is 8.38. The number of fused-ring (bicyclic) bond motifs is 1. The van der Waals surface area contributed by atoms with Gasteiger partial charge in [-0.05, 0) is 22.4 Å². The molecule has 0 amide bonds. The summed E-state index contributed by atoms with van der Waals surface area (Å²) in [6, 6.07) is 19.9. The summed E-state index contributed by atoms with van der Waals surface area (Å²) >= 11 is 0. The molecule has 3 N–H and O–H groups in total. The van der Waals surface area contributed by atoms with Crippen LogP contribution >= 0.6 is 0 Å². The third-order valence-corrected chi connectivity index (χ3v) is 3.38. The van der Waals surface area contributed by atoms with Gasteiger partial charge in [0, 0.05) is 12.0 Å². The average Bonchev–Trinajstić information content (AvgIpc) is 2.45. The predicted molar refractivity (Wildman–Crippen MR) is 79.3 cm³/mol. The molecule has 94 valence electrons. The number of rotatable bonds is 2. The molecule has 3 aromatic rings. The standard InChI is InChI=1S/C17H15NO/c18-16-11-13-8-4-5-9-14(13)15(17(16)19)10-12-6-2-1-3-7-12/h1-9,11,19H,10,18H2. The van der Waals surface area contributed by atoms with E-state index in [1.807, 2.05) is 48.5 Å². The highest BCUT2D eigenvalue weighted by Gasteiger charge is 2.11. The van der Waals surface area contributed by atoms with E-state index in [-0.39, 0.29) is 5.75 Å². The number of hydrogen-bond acceptors (Lipinski definition) is 2. The van der Waals surface area contributed by atoms with Gasteiger partial charge in [0.15, 0.2) is 0 Å². The largest absolute Gasteiger partial charge is 0.505 e. The second-order valence-corrected chi connectivity index (χ2v) is 4.68. The Bertz CT molecular complexity index is 720. The van der Waals surface area contributed by atoms with Gasteiger partial charge in [0.25, 0.3) is 0 Å². The first-order valence-corrected chi connectivity index (χ1v) is 6.28. The van der Waals surface area contributed by atoms with E-state index in [9.17, 15) is 5.11 Å². The molecule has 0 saturated heterocycles. The van der Waals surface area contributed by atoms with Crippen molar-refractivity contribution in [1.29, 1.82) is 0 Å². The van der Waals surface area contributed by atoms with Crippen LogP contribution in [0.3, 0.4) is 0 Å². The molecule has 0 spiro atoms. The second kappa shape index (κ2) is 4.65. The number of benzene rings is 3. The van der Waals surface area contributed by atoms with Crippen LogP contribution in [0.1, 0.15) is 11.1 Å². The third kappa shape index (κ3) is 2.13. The van der Waals surface area contributed by atoms with Crippen LogP contribution < -0.4 is 5.73 Å². The van der Waals surface area contributed by atoms with Crippen LogP contribution in [0.2, 0.25) is 0 Å². The number of aromatic hydroxyl groups is 1. The maximum absolute atomic E-state index is 10.2. The van der Waals surface area contributed by atoms with Crippen molar-refractivity contribution in [1.82, 2.24) is 0 Å². The van der Waals surface area contributed by atoms with Crippen molar-refractivity contribution in [3.63, 3.8) is 0 Å². The van der Waals surface area contributed by atoms with Crippen molar-refractivity contribution in [2.75, 3.05) is 5.73 Å². The molecular formula is C17H15NO.